The molecule has 20 heavy (non-hydrogen) atoms. The lowest BCUT2D eigenvalue weighted by Gasteiger charge is -2.11. The number of aryl methyl sites for hydroxylation is 1. The zero-order chi connectivity index (χ0) is 14.1. The van der Waals surface area contributed by atoms with Gasteiger partial charge in [0.1, 0.15) is 5.75 Å². The molecule has 0 N–H and O–H groups in total. The van der Waals surface area contributed by atoms with Crippen molar-refractivity contribution in [3.05, 3.63) is 63.3 Å². The van der Waals surface area contributed by atoms with Crippen LogP contribution in [0, 0.1) is 13.8 Å². The minimum absolute atomic E-state index is 0.0107. The number of rotatable bonds is 3. The minimum Gasteiger partial charge on any atom is -0.472 e. The molecule has 3 aromatic rings. The molecule has 0 amide bonds. The van der Waals surface area contributed by atoms with E-state index in [1.807, 2.05) is 56.3 Å². The summed E-state index contributed by atoms with van der Waals surface area (Å²) in [5.74, 6) is 0.826. The second-order valence-corrected chi connectivity index (χ2v) is 5.73. The molecule has 0 saturated heterocycles. The summed E-state index contributed by atoms with van der Waals surface area (Å²) in [5.41, 5.74) is 3.22. The summed E-state index contributed by atoms with van der Waals surface area (Å²) in [6, 6.07) is 13.7. The first-order valence-corrected chi connectivity index (χ1v) is 7.26. The first-order valence-electron chi connectivity index (χ1n) is 6.44. The van der Waals surface area contributed by atoms with Crippen molar-refractivity contribution >= 4 is 21.6 Å². The van der Waals surface area contributed by atoms with Crippen molar-refractivity contribution in [3.8, 4) is 5.75 Å². The molecule has 3 nitrogen and oxygen atoms in total. The van der Waals surface area contributed by atoms with Crippen LogP contribution < -0.4 is 9.61 Å². The van der Waals surface area contributed by atoms with Crippen molar-refractivity contribution in [2.24, 2.45) is 0 Å². The van der Waals surface area contributed by atoms with Crippen LogP contribution in [0.1, 0.15) is 11.1 Å². The number of fused-ring (bicyclic) bond motifs is 1. The molecule has 102 valence electrons. The summed E-state index contributed by atoms with van der Waals surface area (Å²) in [4.78, 5) is 12.0. The van der Waals surface area contributed by atoms with E-state index in [1.54, 1.807) is 4.57 Å². The zero-order valence-corrected chi connectivity index (χ0v) is 12.2. The molecule has 0 fully saturated rings. The Kier molecular flexibility index (Phi) is 3.32. The fourth-order valence-corrected chi connectivity index (χ4v) is 3.03. The van der Waals surface area contributed by atoms with Crippen LogP contribution in [0.25, 0.3) is 10.2 Å². The molecule has 0 radical (unpaired) electrons. The van der Waals surface area contributed by atoms with Gasteiger partial charge in [-0.25, -0.2) is 0 Å². The average molecular weight is 285 g/mol. The van der Waals surface area contributed by atoms with Crippen molar-refractivity contribution in [1.82, 2.24) is 4.57 Å². The van der Waals surface area contributed by atoms with E-state index < -0.39 is 0 Å². The van der Waals surface area contributed by atoms with Crippen LogP contribution in [0.3, 0.4) is 0 Å². The summed E-state index contributed by atoms with van der Waals surface area (Å²) in [5, 5.41) is 0. The molecule has 0 aliphatic carbocycles. The van der Waals surface area contributed by atoms with Gasteiger partial charge in [-0.3, -0.25) is 9.36 Å². The Hall–Kier alpha value is -2.07. The van der Waals surface area contributed by atoms with Crippen molar-refractivity contribution in [2.45, 2.75) is 20.6 Å². The number of nitrogens with zero attached hydrogens (tertiary/aromatic N) is 1. The number of para-hydroxylation sites is 1. The third-order valence-electron chi connectivity index (χ3n) is 3.48. The van der Waals surface area contributed by atoms with Gasteiger partial charge >= 0.3 is 4.87 Å². The van der Waals surface area contributed by atoms with E-state index in [1.165, 1.54) is 16.9 Å². The third-order valence-corrected chi connectivity index (χ3v) is 4.44. The van der Waals surface area contributed by atoms with E-state index in [4.69, 9.17) is 4.74 Å². The largest absolute Gasteiger partial charge is 0.472 e. The van der Waals surface area contributed by atoms with Crippen LogP contribution in [0.4, 0.5) is 0 Å². The Morgan fingerprint density at radius 2 is 1.90 bits per heavy atom. The van der Waals surface area contributed by atoms with Crippen molar-refractivity contribution in [1.29, 1.82) is 0 Å². The van der Waals surface area contributed by atoms with Crippen molar-refractivity contribution < 1.29 is 4.74 Å². The van der Waals surface area contributed by atoms with Crippen LogP contribution in [0.15, 0.2) is 47.3 Å². The summed E-state index contributed by atoms with van der Waals surface area (Å²) in [7, 11) is 0. The summed E-state index contributed by atoms with van der Waals surface area (Å²) in [6.45, 7) is 4.32. The molecule has 0 bridgehead atoms. The summed E-state index contributed by atoms with van der Waals surface area (Å²) in [6.07, 6.45) is 0. The quantitative estimate of drug-likeness (QED) is 0.734. The van der Waals surface area contributed by atoms with Crippen molar-refractivity contribution in [3.63, 3.8) is 0 Å². The van der Waals surface area contributed by atoms with Crippen LogP contribution >= 0.6 is 11.3 Å². The maximum absolute atomic E-state index is 12.0. The Bertz CT molecular complexity index is 817. The maximum Gasteiger partial charge on any atom is 0.310 e. The van der Waals surface area contributed by atoms with Gasteiger partial charge in [-0.05, 0) is 43.2 Å². The zero-order valence-electron chi connectivity index (χ0n) is 11.4. The molecular formula is C16H15NO2S. The smallest absolute Gasteiger partial charge is 0.310 e. The standard InChI is InChI=1S/C16H15NO2S/c1-11-6-5-8-14(12(11)2)19-10-17-13-7-3-4-9-15(13)20-16(17)18/h3-9H,10H2,1-2H3. The molecule has 2 aromatic carbocycles. The molecule has 0 unspecified atom stereocenters. The lowest BCUT2D eigenvalue weighted by molar-refractivity contribution is 0.237. The van der Waals surface area contributed by atoms with E-state index in [2.05, 4.69) is 0 Å². The monoisotopic (exact) mass is 285 g/mol. The van der Waals surface area contributed by atoms with E-state index >= 15 is 0 Å². The SMILES string of the molecule is Cc1cccc(OCn2c(=O)sc3ccccc32)c1C. The van der Waals surface area contributed by atoms with Crippen LogP contribution in [-0.4, -0.2) is 4.57 Å². The topological polar surface area (TPSA) is 31.2 Å². The molecule has 1 heterocycles. The van der Waals surface area contributed by atoms with E-state index in [0.717, 1.165) is 21.5 Å². The second-order valence-electron chi connectivity index (χ2n) is 4.74. The Labute approximate surface area is 121 Å². The van der Waals surface area contributed by atoms with E-state index in [0.29, 0.717) is 0 Å². The molecular weight excluding hydrogens is 270 g/mol. The highest BCUT2D eigenvalue weighted by atomic mass is 32.1. The Morgan fingerprint density at radius 1 is 1.10 bits per heavy atom. The average Bonchev–Trinajstić information content (AvgIpc) is 2.76. The maximum atomic E-state index is 12.0. The number of benzene rings is 2. The van der Waals surface area contributed by atoms with Gasteiger partial charge in [0.05, 0.1) is 10.2 Å². The molecule has 0 spiro atoms. The molecule has 0 aliphatic heterocycles. The van der Waals surface area contributed by atoms with Crippen LogP contribution in [0.5, 0.6) is 5.75 Å². The molecule has 0 aliphatic rings. The van der Waals surface area contributed by atoms with Gasteiger partial charge in [-0.1, -0.05) is 35.6 Å². The molecule has 4 heteroatoms. The molecule has 0 saturated carbocycles. The van der Waals surface area contributed by atoms with Crippen LogP contribution in [-0.2, 0) is 6.73 Å². The summed E-state index contributed by atoms with van der Waals surface area (Å²) < 4.78 is 8.48. The number of hydrogen-bond donors (Lipinski definition) is 0. The number of thiazole rings is 1. The molecule has 1 aromatic heterocycles. The second kappa shape index (κ2) is 5.13. The van der Waals surface area contributed by atoms with Gasteiger partial charge in [-0.2, -0.15) is 0 Å². The fourth-order valence-electron chi connectivity index (χ4n) is 2.15. The third kappa shape index (κ3) is 2.23. The minimum atomic E-state index is 0.0107. The van der Waals surface area contributed by atoms with E-state index in [9.17, 15) is 4.79 Å². The van der Waals surface area contributed by atoms with E-state index in [-0.39, 0.29) is 11.6 Å². The summed E-state index contributed by atoms with van der Waals surface area (Å²) >= 11 is 1.25. The van der Waals surface area contributed by atoms with Gasteiger partial charge in [0.25, 0.3) is 0 Å². The predicted molar refractivity (Wildman–Crippen MR) is 82.6 cm³/mol. The molecule has 3 rings (SSSR count). The lowest BCUT2D eigenvalue weighted by atomic mass is 10.1. The Morgan fingerprint density at radius 3 is 2.75 bits per heavy atom. The number of aromatic nitrogens is 1. The van der Waals surface area contributed by atoms with Gasteiger partial charge in [-0.15, -0.1) is 0 Å². The molecule has 0 atom stereocenters. The lowest BCUT2D eigenvalue weighted by Crippen LogP contribution is -2.16. The number of hydrogen-bond acceptors (Lipinski definition) is 3. The van der Waals surface area contributed by atoms with Gasteiger partial charge in [0, 0.05) is 0 Å². The highest BCUT2D eigenvalue weighted by Crippen LogP contribution is 2.22. The van der Waals surface area contributed by atoms with Gasteiger partial charge < -0.3 is 4.74 Å². The first-order chi connectivity index (χ1) is 9.66. The first kappa shape index (κ1) is 12.9. The Balaban J connectivity index is 1.93. The number of ether oxygens (including phenoxy) is 1. The van der Waals surface area contributed by atoms with Gasteiger partial charge in [0.2, 0.25) is 0 Å². The fraction of sp³-hybridized carbons (Fsp3) is 0.188. The van der Waals surface area contributed by atoms with Crippen LogP contribution in [0.2, 0.25) is 0 Å². The van der Waals surface area contributed by atoms with Crippen molar-refractivity contribution in [2.75, 3.05) is 0 Å². The highest BCUT2D eigenvalue weighted by molar-refractivity contribution is 7.16. The predicted octanol–water partition coefficient (Wildman–Crippen LogP) is 3.72. The highest BCUT2D eigenvalue weighted by Gasteiger charge is 2.08. The normalized spacial score (nSPS) is 10.9. The van der Waals surface area contributed by atoms with Gasteiger partial charge in [0.15, 0.2) is 6.73 Å².